The van der Waals surface area contributed by atoms with Crippen LogP contribution in [-0.2, 0) is 0 Å². The van der Waals surface area contributed by atoms with Crippen LogP contribution in [0.3, 0.4) is 0 Å². The van der Waals surface area contributed by atoms with Gasteiger partial charge in [0, 0.05) is 48.3 Å². The van der Waals surface area contributed by atoms with E-state index >= 15 is 0 Å². The molecule has 0 bridgehead atoms. The molecule has 31 heavy (non-hydrogen) atoms. The van der Waals surface area contributed by atoms with Gasteiger partial charge in [-0.15, -0.1) is 0 Å². The van der Waals surface area contributed by atoms with Crippen LogP contribution in [-0.4, -0.2) is 45.5 Å². The highest BCUT2D eigenvalue weighted by Crippen LogP contribution is 2.44. The van der Waals surface area contributed by atoms with Gasteiger partial charge in [0.05, 0.1) is 22.7 Å². The molecule has 1 fully saturated rings. The van der Waals surface area contributed by atoms with E-state index in [1.54, 1.807) is 18.3 Å². The second-order valence-electron chi connectivity index (χ2n) is 7.98. The Kier molecular flexibility index (Phi) is 4.99. The van der Waals surface area contributed by atoms with Crippen molar-refractivity contribution in [2.24, 2.45) is 0 Å². The summed E-state index contributed by atoms with van der Waals surface area (Å²) in [7, 11) is 0. The lowest BCUT2D eigenvalue weighted by molar-refractivity contribution is -0.00565. The van der Waals surface area contributed by atoms with E-state index < -0.39 is 5.60 Å². The first-order valence-electron chi connectivity index (χ1n) is 10.0. The molecule has 0 unspecified atom stereocenters. The Morgan fingerprint density at radius 2 is 1.94 bits per heavy atom. The van der Waals surface area contributed by atoms with Gasteiger partial charge in [-0.1, -0.05) is 35.3 Å². The summed E-state index contributed by atoms with van der Waals surface area (Å²) in [6.07, 6.45) is 3.12. The van der Waals surface area contributed by atoms with E-state index in [4.69, 9.17) is 27.9 Å². The molecule has 1 amide bonds. The SMILES string of the molecule is O=C1CC2(CCN(C(=O)c3cccc(-c4cc[nH]n4)c3)CC2)Oc2c(Cl)cc(Cl)cc21. The second-order valence-corrected chi connectivity index (χ2v) is 8.83. The van der Waals surface area contributed by atoms with E-state index in [2.05, 4.69) is 10.2 Å². The Morgan fingerprint density at radius 3 is 2.68 bits per heavy atom. The Bertz CT molecular complexity index is 1170. The second kappa shape index (κ2) is 7.70. The Morgan fingerprint density at radius 1 is 1.13 bits per heavy atom. The number of hydrogen-bond donors (Lipinski definition) is 1. The molecular weight excluding hydrogens is 437 g/mol. The number of benzene rings is 2. The van der Waals surface area contributed by atoms with Crippen LogP contribution in [0.2, 0.25) is 10.0 Å². The maximum atomic E-state index is 13.1. The van der Waals surface area contributed by atoms with Gasteiger partial charge >= 0.3 is 0 Å². The number of ether oxygens (including phenoxy) is 1. The Labute approximate surface area is 189 Å². The number of halogens is 2. The van der Waals surface area contributed by atoms with Crippen molar-refractivity contribution in [3.8, 4) is 17.0 Å². The summed E-state index contributed by atoms with van der Waals surface area (Å²) in [6, 6.07) is 12.5. The number of aromatic nitrogens is 2. The Hall–Kier alpha value is -2.83. The van der Waals surface area contributed by atoms with Gasteiger partial charge in [-0.2, -0.15) is 5.10 Å². The third-order valence-corrected chi connectivity index (χ3v) is 6.48. The number of fused-ring (bicyclic) bond motifs is 1. The molecule has 2 aliphatic rings. The molecule has 1 aromatic heterocycles. The molecule has 3 aromatic rings. The van der Waals surface area contributed by atoms with E-state index in [1.807, 2.05) is 35.2 Å². The summed E-state index contributed by atoms with van der Waals surface area (Å²) in [5.74, 6) is 0.325. The molecule has 1 N–H and O–H groups in total. The number of hydrogen-bond acceptors (Lipinski definition) is 4. The van der Waals surface area contributed by atoms with Crippen LogP contribution in [0, 0.1) is 0 Å². The van der Waals surface area contributed by atoms with Gasteiger partial charge in [-0.25, -0.2) is 0 Å². The molecule has 0 aliphatic carbocycles. The number of likely N-dealkylation sites (tertiary alicyclic amines) is 1. The molecule has 2 aliphatic heterocycles. The van der Waals surface area contributed by atoms with Crippen LogP contribution in [0.15, 0.2) is 48.7 Å². The predicted octanol–water partition coefficient (Wildman–Crippen LogP) is 5.02. The smallest absolute Gasteiger partial charge is 0.253 e. The lowest BCUT2D eigenvalue weighted by atomic mass is 9.82. The molecule has 5 rings (SSSR count). The number of ketones is 1. The summed E-state index contributed by atoms with van der Waals surface area (Å²) in [5, 5.41) is 7.71. The van der Waals surface area contributed by atoms with Crippen LogP contribution in [0.25, 0.3) is 11.3 Å². The lowest BCUT2D eigenvalue weighted by Gasteiger charge is -2.44. The minimum absolute atomic E-state index is 0.0304. The normalized spacial score (nSPS) is 17.4. The molecule has 8 heteroatoms. The number of aromatic amines is 1. The molecule has 0 atom stereocenters. The average Bonchev–Trinajstić information content (AvgIpc) is 3.30. The Balaban J connectivity index is 1.32. The van der Waals surface area contributed by atoms with Crippen LogP contribution < -0.4 is 4.74 Å². The van der Waals surface area contributed by atoms with E-state index in [9.17, 15) is 9.59 Å². The first kappa shape index (κ1) is 20.1. The van der Waals surface area contributed by atoms with Gasteiger partial charge in [0.2, 0.25) is 0 Å². The number of carbonyl (C=O) groups excluding carboxylic acids is 2. The van der Waals surface area contributed by atoms with Gasteiger partial charge in [0.1, 0.15) is 11.4 Å². The maximum Gasteiger partial charge on any atom is 0.253 e. The first-order chi connectivity index (χ1) is 14.9. The van der Waals surface area contributed by atoms with Crippen LogP contribution >= 0.6 is 23.2 Å². The van der Waals surface area contributed by atoms with Crippen molar-refractivity contribution in [2.45, 2.75) is 24.9 Å². The predicted molar refractivity (Wildman–Crippen MR) is 118 cm³/mol. The molecule has 158 valence electrons. The monoisotopic (exact) mass is 455 g/mol. The molecule has 0 radical (unpaired) electrons. The molecule has 1 saturated heterocycles. The van der Waals surface area contributed by atoms with E-state index in [-0.39, 0.29) is 18.1 Å². The van der Waals surface area contributed by atoms with Gasteiger partial charge in [-0.3, -0.25) is 14.7 Å². The molecule has 1 spiro atoms. The number of rotatable bonds is 2. The van der Waals surface area contributed by atoms with Gasteiger partial charge in [-0.05, 0) is 30.3 Å². The zero-order chi connectivity index (χ0) is 21.6. The van der Waals surface area contributed by atoms with Crippen molar-refractivity contribution in [2.75, 3.05) is 13.1 Å². The van der Waals surface area contributed by atoms with Crippen molar-refractivity contribution in [3.63, 3.8) is 0 Å². The minimum atomic E-state index is -0.644. The molecule has 6 nitrogen and oxygen atoms in total. The standard InChI is InChI=1S/C23H19Cl2N3O3/c24-16-11-17-20(29)13-23(31-21(17)18(25)12-16)5-8-28(9-6-23)22(30)15-3-1-2-14(10-15)19-4-7-26-27-19/h1-4,7,10-12H,5-6,8-9,13H2,(H,26,27). The highest BCUT2D eigenvalue weighted by molar-refractivity contribution is 6.36. The van der Waals surface area contributed by atoms with Crippen LogP contribution in [0.1, 0.15) is 40.0 Å². The van der Waals surface area contributed by atoms with E-state index in [0.29, 0.717) is 52.9 Å². The summed E-state index contributed by atoms with van der Waals surface area (Å²) < 4.78 is 6.26. The highest BCUT2D eigenvalue weighted by Gasteiger charge is 2.44. The summed E-state index contributed by atoms with van der Waals surface area (Å²) >= 11 is 12.3. The summed E-state index contributed by atoms with van der Waals surface area (Å²) in [5.41, 5.74) is 2.07. The minimum Gasteiger partial charge on any atom is -0.484 e. The molecule has 3 heterocycles. The number of nitrogens with one attached hydrogen (secondary N) is 1. The number of H-pyrrole nitrogens is 1. The fourth-order valence-corrected chi connectivity index (χ4v) is 4.85. The first-order valence-corrected chi connectivity index (χ1v) is 10.8. The van der Waals surface area contributed by atoms with Gasteiger partial charge < -0.3 is 9.64 Å². The highest BCUT2D eigenvalue weighted by atomic mass is 35.5. The van der Waals surface area contributed by atoms with Crippen molar-refractivity contribution >= 4 is 34.9 Å². The fourth-order valence-electron chi connectivity index (χ4n) is 4.32. The molecule has 2 aromatic carbocycles. The zero-order valence-electron chi connectivity index (χ0n) is 16.5. The number of nitrogens with zero attached hydrogens (tertiary/aromatic N) is 2. The maximum absolute atomic E-state index is 13.1. The summed E-state index contributed by atoms with van der Waals surface area (Å²) in [6.45, 7) is 0.999. The number of piperidine rings is 1. The zero-order valence-corrected chi connectivity index (χ0v) is 18.0. The number of Topliss-reactive ketones (excluding diaryl/α,β-unsaturated/α-hetero) is 1. The largest absolute Gasteiger partial charge is 0.484 e. The quantitative estimate of drug-likeness (QED) is 0.588. The third-order valence-electron chi connectivity index (χ3n) is 5.98. The topological polar surface area (TPSA) is 75.3 Å². The van der Waals surface area contributed by atoms with Crippen molar-refractivity contribution < 1.29 is 14.3 Å². The number of amides is 1. The van der Waals surface area contributed by atoms with E-state index in [1.165, 1.54) is 0 Å². The van der Waals surface area contributed by atoms with Crippen molar-refractivity contribution in [3.05, 3.63) is 69.8 Å². The fraction of sp³-hybridized carbons (Fsp3) is 0.261. The van der Waals surface area contributed by atoms with E-state index in [0.717, 1.165) is 11.3 Å². The number of carbonyl (C=O) groups is 2. The third kappa shape index (κ3) is 3.70. The lowest BCUT2D eigenvalue weighted by Crippen LogP contribution is -2.52. The summed E-state index contributed by atoms with van der Waals surface area (Å²) in [4.78, 5) is 27.7. The van der Waals surface area contributed by atoms with Gasteiger partial charge in [0.25, 0.3) is 5.91 Å². The van der Waals surface area contributed by atoms with Crippen LogP contribution in [0.5, 0.6) is 5.75 Å². The van der Waals surface area contributed by atoms with Gasteiger partial charge in [0.15, 0.2) is 5.78 Å². The van der Waals surface area contributed by atoms with Crippen molar-refractivity contribution in [1.29, 1.82) is 0 Å². The molecule has 0 saturated carbocycles. The van der Waals surface area contributed by atoms with Crippen molar-refractivity contribution in [1.82, 2.24) is 15.1 Å². The van der Waals surface area contributed by atoms with Crippen LogP contribution in [0.4, 0.5) is 0 Å². The molecular formula is C23H19Cl2N3O3. The average molecular weight is 456 g/mol.